The van der Waals surface area contributed by atoms with Crippen LogP contribution in [-0.4, -0.2) is 31.8 Å². The fourth-order valence-electron chi connectivity index (χ4n) is 4.36. The normalized spacial score (nSPS) is 28.1. The molecule has 2 aliphatic rings. The van der Waals surface area contributed by atoms with Crippen molar-refractivity contribution in [3.8, 4) is 0 Å². The van der Waals surface area contributed by atoms with Crippen LogP contribution in [0.3, 0.4) is 0 Å². The van der Waals surface area contributed by atoms with Gasteiger partial charge in [-0.05, 0) is 57.3 Å². The van der Waals surface area contributed by atoms with Gasteiger partial charge in [-0.15, -0.1) is 0 Å². The van der Waals surface area contributed by atoms with Gasteiger partial charge in [0.15, 0.2) is 0 Å². The molecule has 2 atom stereocenters. The number of hydrogen-bond acceptors (Lipinski definition) is 1. The SMILES string of the molecule is CC(C)CC[C@@H](CC[NH+]1CCCC1)[C@@H]1CCOC(C)(C)C1. The van der Waals surface area contributed by atoms with Crippen molar-refractivity contribution in [2.24, 2.45) is 17.8 Å². The van der Waals surface area contributed by atoms with Gasteiger partial charge in [-0.25, -0.2) is 0 Å². The summed E-state index contributed by atoms with van der Waals surface area (Å²) >= 11 is 0. The monoisotopic (exact) mass is 296 g/mol. The molecule has 0 aromatic rings. The maximum Gasteiger partial charge on any atom is 0.0773 e. The van der Waals surface area contributed by atoms with Gasteiger partial charge >= 0.3 is 0 Å². The minimum atomic E-state index is 0.111. The zero-order valence-electron chi connectivity index (χ0n) is 14.9. The molecule has 21 heavy (non-hydrogen) atoms. The summed E-state index contributed by atoms with van der Waals surface area (Å²) in [6, 6.07) is 0. The van der Waals surface area contributed by atoms with Crippen molar-refractivity contribution >= 4 is 0 Å². The molecule has 2 nitrogen and oxygen atoms in total. The van der Waals surface area contributed by atoms with Gasteiger partial charge in [0.1, 0.15) is 0 Å². The Hall–Kier alpha value is -0.0800. The van der Waals surface area contributed by atoms with E-state index in [4.69, 9.17) is 4.74 Å². The lowest BCUT2D eigenvalue weighted by Gasteiger charge is -2.39. The Morgan fingerprint density at radius 1 is 1.10 bits per heavy atom. The van der Waals surface area contributed by atoms with Gasteiger partial charge in [0, 0.05) is 19.4 Å². The molecule has 1 N–H and O–H groups in total. The molecule has 0 saturated carbocycles. The Labute approximate surface area is 132 Å². The van der Waals surface area contributed by atoms with E-state index in [2.05, 4.69) is 27.7 Å². The largest absolute Gasteiger partial charge is 0.376 e. The van der Waals surface area contributed by atoms with Crippen molar-refractivity contribution in [1.29, 1.82) is 0 Å². The Kier molecular flexibility index (Phi) is 6.55. The number of ether oxygens (including phenoxy) is 1. The molecule has 0 spiro atoms. The third-order valence-corrected chi connectivity index (χ3v) is 5.70. The standard InChI is InChI=1S/C19H37NO/c1-16(2)7-8-17(9-13-20-11-5-6-12-20)18-10-14-21-19(3,4)15-18/h16-18H,5-15H2,1-4H3/p+1/t17-,18+/m0/s1. The predicted molar refractivity (Wildman–Crippen MR) is 89.7 cm³/mol. The maximum atomic E-state index is 5.94. The molecule has 2 aliphatic heterocycles. The zero-order chi connectivity index (χ0) is 15.3. The number of hydrogen-bond donors (Lipinski definition) is 1. The van der Waals surface area contributed by atoms with Crippen LogP contribution in [0.4, 0.5) is 0 Å². The summed E-state index contributed by atoms with van der Waals surface area (Å²) in [7, 11) is 0. The predicted octanol–water partition coefficient (Wildman–Crippen LogP) is 3.31. The Bertz CT molecular complexity index is 294. The van der Waals surface area contributed by atoms with E-state index in [1.165, 1.54) is 64.6 Å². The van der Waals surface area contributed by atoms with Gasteiger partial charge in [-0.3, -0.25) is 0 Å². The van der Waals surface area contributed by atoms with Crippen molar-refractivity contribution in [2.45, 2.75) is 78.2 Å². The average Bonchev–Trinajstić information content (AvgIpc) is 2.90. The van der Waals surface area contributed by atoms with Crippen LogP contribution < -0.4 is 4.90 Å². The fraction of sp³-hybridized carbons (Fsp3) is 1.00. The molecule has 0 radical (unpaired) electrons. The zero-order valence-corrected chi connectivity index (χ0v) is 14.9. The molecule has 124 valence electrons. The van der Waals surface area contributed by atoms with E-state index < -0.39 is 0 Å². The molecule has 2 saturated heterocycles. The van der Waals surface area contributed by atoms with Gasteiger partial charge in [0.2, 0.25) is 0 Å². The van der Waals surface area contributed by atoms with E-state index in [9.17, 15) is 0 Å². The Morgan fingerprint density at radius 2 is 1.81 bits per heavy atom. The molecule has 0 aliphatic carbocycles. The summed E-state index contributed by atoms with van der Waals surface area (Å²) in [5.41, 5.74) is 0.111. The highest BCUT2D eigenvalue weighted by molar-refractivity contribution is 4.83. The van der Waals surface area contributed by atoms with Crippen LogP contribution in [0.15, 0.2) is 0 Å². The van der Waals surface area contributed by atoms with Gasteiger partial charge in [-0.2, -0.15) is 0 Å². The average molecular weight is 297 g/mol. The minimum absolute atomic E-state index is 0.111. The molecule has 2 rings (SSSR count). The maximum absolute atomic E-state index is 5.94. The first-order valence-electron chi connectivity index (χ1n) is 9.44. The summed E-state index contributed by atoms with van der Waals surface area (Å²) < 4.78 is 5.94. The summed E-state index contributed by atoms with van der Waals surface area (Å²) in [6.07, 6.45) is 9.76. The van der Waals surface area contributed by atoms with Crippen molar-refractivity contribution in [3.05, 3.63) is 0 Å². The smallest absolute Gasteiger partial charge is 0.0773 e. The van der Waals surface area contributed by atoms with Crippen LogP contribution >= 0.6 is 0 Å². The fourth-order valence-corrected chi connectivity index (χ4v) is 4.36. The molecular formula is C19H38NO+. The second kappa shape index (κ2) is 7.97. The first kappa shape index (κ1) is 17.3. The van der Waals surface area contributed by atoms with Crippen LogP contribution in [0.25, 0.3) is 0 Å². The van der Waals surface area contributed by atoms with Gasteiger partial charge in [0.05, 0.1) is 25.2 Å². The van der Waals surface area contributed by atoms with E-state index in [-0.39, 0.29) is 5.60 Å². The lowest BCUT2D eigenvalue weighted by Crippen LogP contribution is -3.10. The lowest BCUT2D eigenvalue weighted by molar-refractivity contribution is -0.888. The highest BCUT2D eigenvalue weighted by Crippen LogP contribution is 2.37. The van der Waals surface area contributed by atoms with E-state index in [0.29, 0.717) is 0 Å². The Balaban J connectivity index is 1.86. The molecular weight excluding hydrogens is 258 g/mol. The van der Waals surface area contributed by atoms with Crippen molar-refractivity contribution in [1.82, 2.24) is 0 Å². The van der Waals surface area contributed by atoms with E-state index in [1.54, 1.807) is 0 Å². The van der Waals surface area contributed by atoms with Gasteiger partial charge < -0.3 is 9.64 Å². The highest BCUT2D eigenvalue weighted by atomic mass is 16.5. The topological polar surface area (TPSA) is 13.7 Å². The molecule has 0 bridgehead atoms. The highest BCUT2D eigenvalue weighted by Gasteiger charge is 2.33. The molecule has 0 aromatic heterocycles. The summed E-state index contributed by atoms with van der Waals surface area (Å²) in [4.78, 5) is 1.87. The minimum Gasteiger partial charge on any atom is -0.376 e. The molecule has 0 aromatic carbocycles. The second-order valence-electron chi connectivity index (χ2n) is 8.59. The summed E-state index contributed by atoms with van der Waals surface area (Å²) in [5, 5.41) is 0. The van der Waals surface area contributed by atoms with Crippen LogP contribution in [0.1, 0.15) is 72.6 Å². The van der Waals surface area contributed by atoms with Crippen molar-refractivity contribution < 1.29 is 9.64 Å². The van der Waals surface area contributed by atoms with Crippen molar-refractivity contribution in [2.75, 3.05) is 26.2 Å². The van der Waals surface area contributed by atoms with Crippen molar-refractivity contribution in [3.63, 3.8) is 0 Å². The second-order valence-corrected chi connectivity index (χ2v) is 8.59. The molecule has 0 amide bonds. The third-order valence-electron chi connectivity index (χ3n) is 5.70. The number of nitrogens with one attached hydrogen (secondary N) is 1. The molecule has 2 fully saturated rings. The van der Waals surface area contributed by atoms with Gasteiger partial charge in [0.25, 0.3) is 0 Å². The van der Waals surface area contributed by atoms with E-state index >= 15 is 0 Å². The summed E-state index contributed by atoms with van der Waals surface area (Å²) in [6.45, 7) is 14.6. The van der Waals surface area contributed by atoms with Crippen LogP contribution in [-0.2, 0) is 4.74 Å². The van der Waals surface area contributed by atoms with E-state index in [1.807, 2.05) is 4.90 Å². The summed E-state index contributed by atoms with van der Waals surface area (Å²) in [5.74, 6) is 2.68. The first-order chi connectivity index (χ1) is 9.96. The molecule has 2 heterocycles. The molecule has 0 unspecified atom stereocenters. The number of rotatable bonds is 7. The lowest BCUT2D eigenvalue weighted by atomic mass is 9.75. The van der Waals surface area contributed by atoms with Gasteiger partial charge in [-0.1, -0.05) is 20.3 Å². The quantitative estimate of drug-likeness (QED) is 0.761. The van der Waals surface area contributed by atoms with E-state index in [0.717, 1.165) is 24.4 Å². The number of likely N-dealkylation sites (tertiary alicyclic amines) is 1. The molecule has 2 heteroatoms. The first-order valence-corrected chi connectivity index (χ1v) is 9.44. The van der Waals surface area contributed by atoms with Crippen LogP contribution in [0.2, 0.25) is 0 Å². The number of quaternary nitrogens is 1. The van der Waals surface area contributed by atoms with Crippen LogP contribution in [0.5, 0.6) is 0 Å². The third kappa shape index (κ3) is 5.90. The Morgan fingerprint density at radius 3 is 2.43 bits per heavy atom. The van der Waals surface area contributed by atoms with Crippen LogP contribution in [0, 0.1) is 17.8 Å².